The van der Waals surface area contributed by atoms with E-state index in [1.807, 2.05) is 12.3 Å². The van der Waals surface area contributed by atoms with E-state index in [0.29, 0.717) is 38.6 Å². The van der Waals surface area contributed by atoms with Gasteiger partial charge in [-0.05, 0) is 6.07 Å². The number of rotatable bonds is 5. The molecule has 0 unspecified atom stereocenters. The molecule has 2 aromatic heterocycles. The highest BCUT2D eigenvalue weighted by molar-refractivity contribution is 4.94. The fourth-order valence-electron chi connectivity index (χ4n) is 2.68. The number of hydrogen-bond acceptors (Lipinski definition) is 4. The summed E-state index contributed by atoms with van der Waals surface area (Å²) in [4.78, 5) is 6.12. The second kappa shape index (κ2) is 6.71. The summed E-state index contributed by atoms with van der Waals surface area (Å²) >= 11 is 0. The summed E-state index contributed by atoms with van der Waals surface area (Å²) in [5, 5.41) is 4.14. The van der Waals surface area contributed by atoms with Crippen LogP contribution in [-0.2, 0) is 24.4 Å². The Morgan fingerprint density at radius 2 is 2.13 bits per heavy atom. The third-order valence-corrected chi connectivity index (χ3v) is 3.69. The van der Waals surface area contributed by atoms with Crippen LogP contribution in [0.1, 0.15) is 5.82 Å². The fraction of sp³-hybridized carbons (Fsp3) is 0.571. The average Bonchev–Trinajstić information content (AvgIpc) is 3.11. The number of nitrogens with zero attached hydrogens (tertiary/aromatic N) is 5. The predicted octanol–water partition coefficient (Wildman–Crippen LogP) is 1.54. The molecular formula is C14H18F3N5O. The second-order valence-electron chi connectivity index (χ2n) is 5.54. The standard InChI is InChI=1S/C14H18F3N5O/c15-14(16,17)11-21-5-3-18-13(21)10-20-6-7-23-12(8-20)9-22-4-1-2-19-22/h1-5,12H,6-11H2/t12-/m0/s1. The minimum atomic E-state index is -4.25. The molecule has 3 heterocycles. The molecule has 6 nitrogen and oxygen atoms in total. The van der Waals surface area contributed by atoms with Crippen molar-refractivity contribution in [1.82, 2.24) is 24.2 Å². The van der Waals surface area contributed by atoms with E-state index in [4.69, 9.17) is 4.74 Å². The summed E-state index contributed by atoms with van der Waals surface area (Å²) < 4.78 is 46.3. The normalized spacial score (nSPS) is 20.0. The van der Waals surface area contributed by atoms with Crippen LogP contribution >= 0.6 is 0 Å². The number of hydrogen-bond donors (Lipinski definition) is 0. The molecule has 1 aliphatic rings. The zero-order valence-electron chi connectivity index (χ0n) is 12.5. The SMILES string of the molecule is FC(F)(F)Cn1ccnc1CN1CCO[C@H](Cn2cccn2)C1. The molecule has 23 heavy (non-hydrogen) atoms. The third-order valence-electron chi connectivity index (χ3n) is 3.69. The first-order chi connectivity index (χ1) is 11.0. The van der Waals surface area contributed by atoms with Gasteiger partial charge in [0.2, 0.25) is 0 Å². The molecule has 1 atom stereocenters. The van der Waals surface area contributed by atoms with Gasteiger partial charge in [0.15, 0.2) is 0 Å². The van der Waals surface area contributed by atoms with Gasteiger partial charge in [-0.1, -0.05) is 0 Å². The van der Waals surface area contributed by atoms with Crippen LogP contribution in [0.25, 0.3) is 0 Å². The average molecular weight is 329 g/mol. The molecule has 1 saturated heterocycles. The van der Waals surface area contributed by atoms with Gasteiger partial charge >= 0.3 is 6.18 Å². The van der Waals surface area contributed by atoms with Crippen LogP contribution in [-0.4, -0.2) is 56.2 Å². The number of alkyl halides is 3. The molecule has 9 heteroatoms. The predicted molar refractivity (Wildman–Crippen MR) is 75.5 cm³/mol. The van der Waals surface area contributed by atoms with Gasteiger partial charge in [-0.2, -0.15) is 18.3 Å². The van der Waals surface area contributed by atoms with E-state index >= 15 is 0 Å². The second-order valence-corrected chi connectivity index (χ2v) is 5.54. The lowest BCUT2D eigenvalue weighted by Gasteiger charge is -2.32. The van der Waals surface area contributed by atoms with E-state index in [9.17, 15) is 13.2 Å². The number of aromatic nitrogens is 4. The first-order valence-corrected chi connectivity index (χ1v) is 7.38. The van der Waals surface area contributed by atoms with Gasteiger partial charge in [0.1, 0.15) is 12.4 Å². The highest BCUT2D eigenvalue weighted by atomic mass is 19.4. The molecule has 0 N–H and O–H groups in total. The molecule has 0 saturated carbocycles. The van der Waals surface area contributed by atoms with Crippen molar-refractivity contribution in [1.29, 1.82) is 0 Å². The van der Waals surface area contributed by atoms with Crippen molar-refractivity contribution in [2.45, 2.75) is 31.9 Å². The van der Waals surface area contributed by atoms with E-state index in [0.717, 1.165) is 4.57 Å². The Hall–Kier alpha value is -1.87. The van der Waals surface area contributed by atoms with Crippen molar-refractivity contribution in [3.05, 3.63) is 36.7 Å². The van der Waals surface area contributed by atoms with Crippen molar-refractivity contribution < 1.29 is 17.9 Å². The Bertz CT molecular complexity index is 610. The molecule has 3 rings (SSSR count). The Kier molecular flexibility index (Phi) is 4.67. The molecule has 1 aliphatic heterocycles. The van der Waals surface area contributed by atoms with Gasteiger partial charge in [0.05, 0.1) is 25.8 Å². The molecule has 0 spiro atoms. The van der Waals surface area contributed by atoms with Gasteiger partial charge in [0.25, 0.3) is 0 Å². The fourth-order valence-corrected chi connectivity index (χ4v) is 2.68. The molecule has 0 aliphatic carbocycles. The summed E-state index contributed by atoms with van der Waals surface area (Å²) in [5.74, 6) is 0.419. The molecule has 126 valence electrons. The Balaban J connectivity index is 1.58. The number of imidazole rings is 1. The zero-order valence-corrected chi connectivity index (χ0v) is 12.5. The van der Waals surface area contributed by atoms with Gasteiger partial charge < -0.3 is 9.30 Å². The quantitative estimate of drug-likeness (QED) is 0.835. The molecule has 0 aromatic carbocycles. The van der Waals surface area contributed by atoms with E-state index in [-0.39, 0.29) is 6.10 Å². The van der Waals surface area contributed by atoms with Crippen molar-refractivity contribution in [3.63, 3.8) is 0 Å². The van der Waals surface area contributed by atoms with Crippen molar-refractivity contribution in [2.24, 2.45) is 0 Å². The maximum atomic E-state index is 12.6. The lowest BCUT2D eigenvalue weighted by Crippen LogP contribution is -2.44. The molecular weight excluding hydrogens is 311 g/mol. The van der Waals surface area contributed by atoms with Crippen LogP contribution in [0.2, 0.25) is 0 Å². The van der Waals surface area contributed by atoms with E-state index in [1.54, 1.807) is 10.9 Å². The van der Waals surface area contributed by atoms with Crippen molar-refractivity contribution in [3.8, 4) is 0 Å². The molecule has 1 fully saturated rings. The van der Waals surface area contributed by atoms with Crippen LogP contribution in [0.4, 0.5) is 13.2 Å². The van der Waals surface area contributed by atoms with Crippen LogP contribution in [0.3, 0.4) is 0 Å². The van der Waals surface area contributed by atoms with Crippen LogP contribution < -0.4 is 0 Å². The van der Waals surface area contributed by atoms with Crippen LogP contribution in [0.15, 0.2) is 30.9 Å². The molecule has 0 amide bonds. The number of morpholine rings is 1. The van der Waals surface area contributed by atoms with E-state index < -0.39 is 12.7 Å². The first-order valence-electron chi connectivity index (χ1n) is 7.38. The number of ether oxygens (including phenoxy) is 1. The Morgan fingerprint density at radius 1 is 1.26 bits per heavy atom. The minimum absolute atomic E-state index is 0.0327. The molecule has 0 radical (unpaired) electrons. The first kappa shape index (κ1) is 16.0. The summed E-state index contributed by atoms with van der Waals surface area (Å²) in [7, 11) is 0. The van der Waals surface area contributed by atoms with Gasteiger partial charge in [-0.15, -0.1) is 0 Å². The monoisotopic (exact) mass is 329 g/mol. The van der Waals surface area contributed by atoms with E-state index in [1.165, 1.54) is 12.4 Å². The zero-order chi connectivity index (χ0) is 16.3. The van der Waals surface area contributed by atoms with Gasteiger partial charge in [-0.3, -0.25) is 9.58 Å². The molecule has 2 aromatic rings. The lowest BCUT2D eigenvalue weighted by atomic mass is 10.2. The summed E-state index contributed by atoms with van der Waals surface area (Å²) in [5.41, 5.74) is 0. The maximum Gasteiger partial charge on any atom is 0.406 e. The van der Waals surface area contributed by atoms with Gasteiger partial charge in [-0.25, -0.2) is 4.98 Å². The molecule has 0 bridgehead atoms. The lowest BCUT2D eigenvalue weighted by molar-refractivity contribution is -0.141. The van der Waals surface area contributed by atoms with Crippen LogP contribution in [0.5, 0.6) is 0 Å². The topological polar surface area (TPSA) is 48.1 Å². The Morgan fingerprint density at radius 3 is 2.87 bits per heavy atom. The minimum Gasteiger partial charge on any atom is -0.374 e. The summed E-state index contributed by atoms with van der Waals surface area (Å²) in [6.07, 6.45) is 2.05. The smallest absolute Gasteiger partial charge is 0.374 e. The largest absolute Gasteiger partial charge is 0.406 e. The van der Waals surface area contributed by atoms with Gasteiger partial charge in [0, 0.05) is 37.9 Å². The highest BCUT2D eigenvalue weighted by Crippen LogP contribution is 2.19. The third kappa shape index (κ3) is 4.55. The maximum absolute atomic E-state index is 12.6. The number of halogens is 3. The summed E-state index contributed by atoms with van der Waals surface area (Å²) in [6.45, 7) is 1.85. The van der Waals surface area contributed by atoms with Crippen molar-refractivity contribution >= 4 is 0 Å². The van der Waals surface area contributed by atoms with Crippen molar-refractivity contribution in [2.75, 3.05) is 19.7 Å². The van der Waals surface area contributed by atoms with E-state index in [2.05, 4.69) is 15.0 Å². The summed E-state index contributed by atoms with van der Waals surface area (Å²) in [6, 6.07) is 1.84. The Labute approximate surface area is 131 Å². The highest BCUT2D eigenvalue weighted by Gasteiger charge is 2.29. The van der Waals surface area contributed by atoms with Crippen LogP contribution in [0, 0.1) is 0 Å².